The number of methoxy groups -OCH3 is 1. The molecule has 0 atom stereocenters. The third-order valence-corrected chi connectivity index (χ3v) is 4.27. The molecule has 1 heterocycles. The van der Waals surface area contributed by atoms with E-state index in [9.17, 15) is 9.90 Å². The van der Waals surface area contributed by atoms with Crippen LogP contribution in [0.2, 0.25) is 5.02 Å². The lowest BCUT2D eigenvalue weighted by Crippen LogP contribution is -2.12. The molecular weight excluding hydrogens is 354 g/mol. The van der Waals surface area contributed by atoms with Gasteiger partial charge in [-0.2, -0.15) is 5.10 Å². The van der Waals surface area contributed by atoms with Crippen LogP contribution in [-0.4, -0.2) is 28.3 Å². The van der Waals surface area contributed by atoms with Crippen molar-refractivity contribution in [2.45, 2.75) is 13.3 Å². The average molecular weight is 372 g/mol. The first kappa shape index (κ1) is 17.8. The second-order valence-corrected chi connectivity index (χ2v) is 6.08. The van der Waals surface area contributed by atoms with Crippen molar-refractivity contribution in [1.29, 1.82) is 0 Å². The number of carbonyl (C=O) groups excluding carboxylic acids is 1. The van der Waals surface area contributed by atoms with Gasteiger partial charge in [0, 0.05) is 11.3 Å². The second kappa shape index (κ2) is 7.49. The highest BCUT2D eigenvalue weighted by atomic mass is 35.5. The molecule has 1 aromatic heterocycles. The van der Waals surface area contributed by atoms with E-state index in [-0.39, 0.29) is 17.4 Å². The van der Waals surface area contributed by atoms with Crippen molar-refractivity contribution in [3.05, 3.63) is 58.7 Å². The van der Waals surface area contributed by atoms with Gasteiger partial charge in [0.15, 0.2) is 0 Å². The zero-order chi connectivity index (χ0) is 18.7. The maximum Gasteiger partial charge on any atom is 0.273 e. The van der Waals surface area contributed by atoms with E-state index in [1.54, 1.807) is 30.3 Å². The molecule has 7 heteroatoms. The standard InChI is InChI=1S/C19H18ClN3O3/c1-3-11-4-6-17(24)13(8-11)15-10-16(23-22-15)19(25)21-12-5-7-18(26-2)14(20)9-12/h4-10,24H,3H2,1-2H3,(H,21,25)(H,22,23). The van der Waals surface area contributed by atoms with Gasteiger partial charge in [0.05, 0.1) is 17.8 Å². The molecule has 0 bridgehead atoms. The van der Waals surface area contributed by atoms with Crippen LogP contribution in [0.15, 0.2) is 42.5 Å². The van der Waals surface area contributed by atoms with Crippen molar-refractivity contribution < 1.29 is 14.6 Å². The molecule has 134 valence electrons. The van der Waals surface area contributed by atoms with Gasteiger partial charge in [-0.15, -0.1) is 0 Å². The number of amides is 1. The molecule has 0 aliphatic rings. The number of H-pyrrole nitrogens is 1. The van der Waals surface area contributed by atoms with Crippen LogP contribution in [0.4, 0.5) is 5.69 Å². The number of aromatic nitrogens is 2. The molecule has 0 spiro atoms. The van der Waals surface area contributed by atoms with Gasteiger partial charge in [-0.3, -0.25) is 9.89 Å². The van der Waals surface area contributed by atoms with Crippen molar-refractivity contribution in [2.75, 3.05) is 12.4 Å². The Morgan fingerprint density at radius 1 is 1.27 bits per heavy atom. The van der Waals surface area contributed by atoms with Gasteiger partial charge in [-0.05, 0) is 48.4 Å². The quantitative estimate of drug-likeness (QED) is 0.625. The van der Waals surface area contributed by atoms with E-state index in [0.717, 1.165) is 12.0 Å². The molecule has 26 heavy (non-hydrogen) atoms. The summed E-state index contributed by atoms with van der Waals surface area (Å²) in [7, 11) is 1.52. The van der Waals surface area contributed by atoms with Crippen LogP contribution in [0.3, 0.4) is 0 Å². The van der Waals surface area contributed by atoms with Gasteiger partial charge >= 0.3 is 0 Å². The Kier molecular flexibility index (Phi) is 5.14. The summed E-state index contributed by atoms with van der Waals surface area (Å²) in [5, 5.41) is 20.0. The summed E-state index contributed by atoms with van der Waals surface area (Å²) < 4.78 is 5.09. The number of aryl methyl sites for hydroxylation is 1. The van der Waals surface area contributed by atoms with E-state index in [0.29, 0.717) is 27.7 Å². The average Bonchev–Trinajstić information content (AvgIpc) is 3.12. The molecule has 6 nitrogen and oxygen atoms in total. The molecule has 3 N–H and O–H groups in total. The van der Waals surface area contributed by atoms with Crippen LogP contribution >= 0.6 is 11.6 Å². The van der Waals surface area contributed by atoms with E-state index in [1.165, 1.54) is 7.11 Å². The summed E-state index contributed by atoms with van der Waals surface area (Å²) in [6, 6.07) is 11.9. The summed E-state index contributed by atoms with van der Waals surface area (Å²) in [4.78, 5) is 12.4. The lowest BCUT2D eigenvalue weighted by Gasteiger charge is -2.07. The van der Waals surface area contributed by atoms with Gasteiger partial charge in [0.2, 0.25) is 0 Å². The first-order chi connectivity index (χ1) is 12.5. The smallest absolute Gasteiger partial charge is 0.273 e. The monoisotopic (exact) mass is 371 g/mol. The van der Waals surface area contributed by atoms with Crippen LogP contribution in [0.1, 0.15) is 23.0 Å². The number of aromatic amines is 1. The normalized spacial score (nSPS) is 10.6. The summed E-state index contributed by atoms with van der Waals surface area (Å²) in [5.74, 6) is 0.276. The first-order valence-electron chi connectivity index (χ1n) is 8.04. The number of aromatic hydroxyl groups is 1. The number of benzene rings is 2. The predicted molar refractivity (Wildman–Crippen MR) is 101 cm³/mol. The number of nitrogens with one attached hydrogen (secondary N) is 2. The number of rotatable bonds is 5. The highest BCUT2D eigenvalue weighted by molar-refractivity contribution is 6.32. The Hall–Kier alpha value is -2.99. The maximum atomic E-state index is 12.4. The number of phenolic OH excluding ortho intramolecular Hbond substituents is 1. The van der Waals surface area contributed by atoms with Gasteiger partial charge in [-0.25, -0.2) is 0 Å². The third-order valence-electron chi connectivity index (χ3n) is 3.98. The number of carbonyl (C=O) groups is 1. The molecule has 3 rings (SSSR count). The summed E-state index contributed by atoms with van der Waals surface area (Å²) >= 11 is 6.06. The molecule has 0 radical (unpaired) electrons. The van der Waals surface area contributed by atoms with E-state index in [1.807, 2.05) is 19.1 Å². The van der Waals surface area contributed by atoms with E-state index < -0.39 is 0 Å². The molecule has 0 aliphatic carbocycles. The number of halogens is 1. The van der Waals surface area contributed by atoms with Crippen LogP contribution in [0.25, 0.3) is 11.3 Å². The minimum absolute atomic E-state index is 0.114. The van der Waals surface area contributed by atoms with Crippen molar-refractivity contribution in [3.63, 3.8) is 0 Å². The van der Waals surface area contributed by atoms with Crippen molar-refractivity contribution in [1.82, 2.24) is 10.2 Å². The molecule has 0 saturated heterocycles. The van der Waals surface area contributed by atoms with Crippen LogP contribution in [0, 0.1) is 0 Å². The lowest BCUT2D eigenvalue weighted by molar-refractivity contribution is 0.102. The molecule has 0 unspecified atom stereocenters. The third kappa shape index (κ3) is 3.65. The number of hydrogen-bond donors (Lipinski definition) is 3. The van der Waals surface area contributed by atoms with E-state index in [2.05, 4.69) is 15.5 Å². The fourth-order valence-corrected chi connectivity index (χ4v) is 2.78. The Bertz CT molecular complexity index is 953. The van der Waals surface area contributed by atoms with E-state index >= 15 is 0 Å². The maximum absolute atomic E-state index is 12.4. The number of nitrogens with zero attached hydrogens (tertiary/aromatic N) is 1. The summed E-state index contributed by atoms with van der Waals surface area (Å²) in [6.07, 6.45) is 0.837. The fourth-order valence-electron chi connectivity index (χ4n) is 2.53. The second-order valence-electron chi connectivity index (χ2n) is 5.68. The Morgan fingerprint density at radius 3 is 2.77 bits per heavy atom. The molecule has 3 aromatic rings. The Balaban J connectivity index is 1.81. The van der Waals surface area contributed by atoms with Crippen LogP contribution in [0.5, 0.6) is 11.5 Å². The van der Waals surface area contributed by atoms with Gasteiger partial charge in [-0.1, -0.05) is 24.6 Å². The Morgan fingerprint density at radius 2 is 2.08 bits per heavy atom. The highest BCUT2D eigenvalue weighted by Gasteiger charge is 2.14. The van der Waals surface area contributed by atoms with Crippen molar-refractivity contribution in [2.24, 2.45) is 0 Å². The number of ether oxygens (including phenoxy) is 1. The molecular formula is C19H18ClN3O3. The SMILES string of the molecule is CCc1ccc(O)c(-c2cc(C(=O)Nc3ccc(OC)c(Cl)c3)[nH]n2)c1. The van der Waals surface area contributed by atoms with Gasteiger partial charge in [0.1, 0.15) is 17.2 Å². The summed E-state index contributed by atoms with van der Waals surface area (Å²) in [5.41, 5.74) is 2.95. The van der Waals surface area contributed by atoms with Crippen molar-refractivity contribution >= 4 is 23.2 Å². The lowest BCUT2D eigenvalue weighted by atomic mass is 10.1. The summed E-state index contributed by atoms with van der Waals surface area (Å²) in [6.45, 7) is 2.03. The molecule has 0 fully saturated rings. The number of anilines is 1. The first-order valence-corrected chi connectivity index (χ1v) is 8.42. The minimum atomic E-state index is -0.365. The molecule has 2 aromatic carbocycles. The van der Waals surface area contributed by atoms with Gasteiger partial charge < -0.3 is 15.2 Å². The predicted octanol–water partition coefficient (Wildman–Crippen LogP) is 4.26. The van der Waals surface area contributed by atoms with Crippen LogP contribution < -0.4 is 10.1 Å². The molecule has 1 amide bonds. The zero-order valence-corrected chi connectivity index (χ0v) is 15.1. The highest BCUT2D eigenvalue weighted by Crippen LogP contribution is 2.30. The largest absolute Gasteiger partial charge is 0.507 e. The fraction of sp³-hybridized carbons (Fsp3) is 0.158. The Labute approximate surface area is 155 Å². The van der Waals surface area contributed by atoms with Crippen molar-refractivity contribution in [3.8, 4) is 22.8 Å². The molecule has 0 saturated carbocycles. The minimum Gasteiger partial charge on any atom is -0.507 e. The number of phenols is 1. The van der Waals surface area contributed by atoms with Crippen LogP contribution in [-0.2, 0) is 6.42 Å². The van der Waals surface area contributed by atoms with E-state index in [4.69, 9.17) is 16.3 Å². The zero-order valence-electron chi connectivity index (χ0n) is 14.3. The van der Waals surface area contributed by atoms with Gasteiger partial charge in [0.25, 0.3) is 5.91 Å². The molecule has 0 aliphatic heterocycles. The number of hydrogen-bond acceptors (Lipinski definition) is 4. The topological polar surface area (TPSA) is 87.2 Å².